The van der Waals surface area contributed by atoms with E-state index in [2.05, 4.69) is 52.0 Å². The average molecular weight is 297 g/mol. The molecule has 2 atom stereocenters. The third-order valence-electron chi connectivity index (χ3n) is 3.78. The van der Waals surface area contributed by atoms with Crippen molar-refractivity contribution in [1.82, 2.24) is 4.90 Å². The number of likely N-dealkylation sites (tertiary alicyclic amines) is 1. The Balaban J connectivity index is 2.24. The van der Waals surface area contributed by atoms with Gasteiger partial charge in [0.2, 0.25) is 0 Å². The van der Waals surface area contributed by atoms with Gasteiger partial charge in [0.05, 0.1) is 0 Å². The first-order valence-electron chi connectivity index (χ1n) is 6.48. The molecule has 0 bridgehead atoms. The van der Waals surface area contributed by atoms with E-state index >= 15 is 0 Å². The highest BCUT2D eigenvalue weighted by Gasteiger charge is 2.30. The Hall–Kier alpha value is -0.380. The van der Waals surface area contributed by atoms with Gasteiger partial charge in [-0.1, -0.05) is 41.1 Å². The van der Waals surface area contributed by atoms with E-state index in [4.69, 9.17) is 5.73 Å². The highest BCUT2D eigenvalue weighted by molar-refractivity contribution is 9.10. The van der Waals surface area contributed by atoms with Crippen LogP contribution in [0, 0.1) is 0 Å². The van der Waals surface area contributed by atoms with E-state index in [0.29, 0.717) is 18.6 Å². The molecule has 2 nitrogen and oxygen atoms in total. The van der Waals surface area contributed by atoms with Gasteiger partial charge in [-0.05, 0) is 37.4 Å². The van der Waals surface area contributed by atoms with Crippen LogP contribution in [0.25, 0.3) is 0 Å². The summed E-state index contributed by atoms with van der Waals surface area (Å²) in [5.41, 5.74) is 7.34. The summed E-state index contributed by atoms with van der Waals surface area (Å²) in [6.07, 6.45) is 3.85. The highest BCUT2D eigenvalue weighted by Crippen LogP contribution is 2.33. The van der Waals surface area contributed by atoms with Gasteiger partial charge in [0, 0.05) is 23.1 Å². The van der Waals surface area contributed by atoms with Crippen LogP contribution in [-0.4, -0.2) is 24.0 Å². The zero-order valence-corrected chi connectivity index (χ0v) is 12.0. The molecule has 0 saturated carbocycles. The zero-order chi connectivity index (χ0) is 12.3. The molecule has 1 aliphatic rings. The van der Waals surface area contributed by atoms with Crippen LogP contribution in [0.2, 0.25) is 0 Å². The van der Waals surface area contributed by atoms with Gasteiger partial charge >= 0.3 is 0 Å². The number of rotatable bonds is 4. The number of hydrogen-bond donors (Lipinski definition) is 1. The third kappa shape index (κ3) is 2.72. The highest BCUT2D eigenvalue weighted by atomic mass is 79.9. The molecule has 1 aromatic rings. The summed E-state index contributed by atoms with van der Waals surface area (Å²) < 4.78 is 1.18. The molecule has 17 heavy (non-hydrogen) atoms. The minimum absolute atomic E-state index is 0.359. The van der Waals surface area contributed by atoms with Crippen molar-refractivity contribution >= 4 is 15.9 Å². The molecule has 94 valence electrons. The number of benzene rings is 1. The molecule has 1 heterocycles. The summed E-state index contributed by atoms with van der Waals surface area (Å²) in [5.74, 6) is 0. The molecule has 2 unspecified atom stereocenters. The maximum atomic E-state index is 6.01. The molecule has 0 radical (unpaired) electrons. The lowest BCUT2D eigenvalue weighted by Gasteiger charge is -2.32. The quantitative estimate of drug-likeness (QED) is 0.923. The standard InChI is InChI=1S/C14H21BrN2/c1-2-11-6-5-9-17(11)14(10-16)12-7-3-4-8-13(12)15/h3-4,7-8,11,14H,2,5-6,9-10,16H2,1H3. The van der Waals surface area contributed by atoms with Crippen LogP contribution < -0.4 is 5.73 Å². The molecular weight excluding hydrogens is 276 g/mol. The SMILES string of the molecule is CCC1CCCN1C(CN)c1ccccc1Br. The molecule has 2 rings (SSSR count). The summed E-state index contributed by atoms with van der Waals surface area (Å²) >= 11 is 3.64. The van der Waals surface area contributed by atoms with Crippen LogP contribution >= 0.6 is 15.9 Å². The Kier molecular flexibility index (Phi) is 4.60. The molecule has 1 fully saturated rings. The molecule has 1 aromatic carbocycles. The first-order chi connectivity index (χ1) is 8.27. The molecule has 1 aliphatic heterocycles. The molecule has 0 aromatic heterocycles. The van der Waals surface area contributed by atoms with E-state index in [1.54, 1.807) is 0 Å². The molecule has 1 saturated heterocycles. The monoisotopic (exact) mass is 296 g/mol. The fourth-order valence-electron chi connectivity index (χ4n) is 2.89. The minimum atomic E-state index is 0.359. The van der Waals surface area contributed by atoms with Gasteiger partial charge in [-0.15, -0.1) is 0 Å². The van der Waals surface area contributed by atoms with Crippen molar-refractivity contribution in [1.29, 1.82) is 0 Å². The molecule has 0 aliphatic carbocycles. The second-order valence-corrected chi connectivity index (χ2v) is 5.57. The Labute approximate surface area is 112 Å². The van der Waals surface area contributed by atoms with Crippen LogP contribution in [-0.2, 0) is 0 Å². The van der Waals surface area contributed by atoms with Gasteiger partial charge in [0.15, 0.2) is 0 Å². The Morgan fingerprint density at radius 1 is 1.47 bits per heavy atom. The summed E-state index contributed by atoms with van der Waals surface area (Å²) in [6.45, 7) is 4.15. The topological polar surface area (TPSA) is 29.3 Å². The van der Waals surface area contributed by atoms with Gasteiger partial charge in [0.1, 0.15) is 0 Å². The number of halogens is 1. The van der Waals surface area contributed by atoms with E-state index < -0.39 is 0 Å². The fraction of sp³-hybridized carbons (Fsp3) is 0.571. The van der Waals surface area contributed by atoms with Crippen molar-refractivity contribution < 1.29 is 0 Å². The summed E-state index contributed by atoms with van der Waals surface area (Å²) in [4.78, 5) is 2.58. The molecule has 0 spiro atoms. The van der Waals surface area contributed by atoms with Crippen molar-refractivity contribution in [3.8, 4) is 0 Å². The van der Waals surface area contributed by atoms with Crippen LogP contribution in [0.4, 0.5) is 0 Å². The van der Waals surface area contributed by atoms with E-state index in [9.17, 15) is 0 Å². The zero-order valence-electron chi connectivity index (χ0n) is 10.4. The van der Waals surface area contributed by atoms with Crippen LogP contribution in [0.1, 0.15) is 37.8 Å². The fourth-order valence-corrected chi connectivity index (χ4v) is 3.44. The van der Waals surface area contributed by atoms with Crippen molar-refractivity contribution in [2.45, 2.75) is 38.3 Å². The predicted molar refractivity (Wildman–Crippen MR) is 76.0 cm³/mol. The Bertz CT molecular complexity index is 367. The van der Waals surface area contributed by atoms with E-state index in [-0.39, 0.29) is 0 Å². The van der Waals surface area contributed by atoms with Crippen LogP contribution in [0.3, 0.4) is 0 Å². The van der Waals surface area contributed by atoms with Crippen LogP contribution in [0.15, 0.2) is 28.7 Å². The summed E-state index contributed by atoms with van der Waals surface area (Å²) in [5, 5.41) is 0. The average Bonchev–Trinajstić information content (AvgIpc) is 2.81. The number of hydrogen-bond acceptors (Lipinski definition) is 2. The first kappa shape index (κ1) is 13.1. The number of nitrogens with zero attached hydrogens (tertiary/aromatic N) is 1. The second kappa shape index (κ2) is 5.98. The lowest BCUT2D eigenvalue weighted by molar-refractivity contribution is 0.180. The maximum Gasteiger partial charge on any atom is 0.0484 e. The van der Waals surface area contributed by atoms with Gasteiger partial charge in [-0.2, -0.15) is 0 Å². The molecule has 3 heteroatoms. The van der Waals surface area contributed by atoms with Gasteiger partial charge in [-0.3, -0.25) is 4.90 Å². The molecule has 2 N–H and O–H groups in total. The Morgan fingerprint density at radius 2 is 2.24 bits per heavy atom. The van der Waals surface area contributed by atoms with Crippen molar-refractivity contribution in [2.24, 2.45) is 5.73 Å². The van der Waals surface area contributed by atoms with Crippen LogP contribution in [0.5, 0.6) is 0 Å². The van der Waals surface area contributed by atoms with Gasteiger partial charge in [0.25, 0.3) is 0 Å². The number of nitrogens with two attached hydrogens (primary N) is 1. The normalized spacial score (nSPS) is 22.9. The Morgan fingerprint density at radius 3 is 2.88 bits per heavy atom. The third-order valence-corrected chi connectivity index (χ3v) is 4.50. The van der Waals surface area contributed by atoms with Crippen molar-refractivity contribution in [2.75, 3.05) is 13.1 Å². The predicted octanol–water partition coefficient (Wildman–Crippen LogP) is 3.32. The smallest absolute Gasteiger partial charge is 0.0484 e. The molecule has 0 amide bonds. The largest absolute Gasteiger partial charge is 0.329 e. The van der Waals surface area contributed by atoms with E-state index in [0.717, 1.165) is 0 Å². The molecular formula is C14H21BrN2. The van der Waals surface area contributed by atoms with E-state index in [1.165, 1.54) is 35.8 Å². The van der Waals surface area contributed by atoms with Gasteiger partial charge in [-0.25, -0.2) is 0 Å². The van der Waals surface area contributed by atoms with E-state index in [1.807, 2.05) is 0 Å². The summed E-state index contributed by atoms with van der Waals surface area (Å²) in [7, 11) is 0. The second-order valence-electron chi connectivity index (χ2n) is 4.72. The minimum Gasteiger partial charge on any atom is -0.329 e. The van der Waals surface area contributed by atoms with Crippen molar-refractivity contribution in [3.05, 3.63) is 34.3 Å². The lowest BCUT2D eigenvalue weighted by atomic mass is 10.0. The maximum absolute atomic E-state index is 6.01. The van der Waals surface area contributed by atoms with Crippen molar-refractivity contribution in [3.63, 3.8) is 0 Å². The van der Waals surface area contributed by atoms with Gasteiger partial charge < -0.3 is 5.73 Å². The lowest BCUT2D eigenvalue weighted by Crippen LogP contribution is -2.37. The first-order valence-corrected chi connectivity index (χ1v) is 7.27. The summed E-state index contributed by atoms with van der Waals surface area (Å²) in [6, 6.07) is 9.51.